The number of pyridine rings is 1. The first-order valence-corrected chi connectivity index (χ1v) is 5.62. The molecule has 1 heterocycles. The summed E-state index contributed by atoms with van der Waals surface area (Å²) < 4.78 is 0. The molecule has 4 N–H and O–H groups in total. The molecule has 0 spiro atoms. The number of hydrogen-bond acceptors (Lipinski definition) is 4. The van der Waals surface area contributed by atoms with Crippen LogP contribution in [0.3, 0.4) is 0 Å². The Kier molecular flexibility index (Phi) is 4.07. The van der Waals surface area contributed by atoms with Crippen molar-refractivity contribution in [3.63, 3.8) is 0 Å². The topological polar surface area (TPSA) is 86.2 Å². The SMILES string of the molecule is CCN(CC(C)(C)O)c1cccc(C(=N)N)n1. The van der Waals surface area contributed by atoms with E-state index < -0.39 is 5.60 Å². The molecule has 0 aliphatic rings. The molecule has 5 heteroatoms. The molecule has 94 valence electrons. The lowest BCUT2D eigenvalue weighted by Gasteiger charge is -2.29. The van der Waals surface area contributed by atoms with Crippen LogP contribution in [0.1, 0.15) is 26.5 Å². The van der Waals surface area contributed by atoms with E-state index in [0.29, 0.717) is 12.2 Å². The van der Waals surface area contributed by atoms with Crippen LogP contribution >= 0.6 is 0 Å². The fourth-order valence-corrected chi connectivity index (χ4v) is 1.57. The van der Waals surface area contributed by atoms with Crippen LogP contribution < -0.4 is 10.6 Å². The van der Waals surface area contributed by atoms with E-state index in [4.69, 9.17) is 11.1 Å². The highest BCUT2D eigenvalue weighted by Crippen LogP contribution is 2.14. The van der Waals surface area contributed by atoms with Crippen molar-refractivity contribution < 1.29 is 5.11 Å². The molecule has 0 atom stereocenters. The average molecular weight is 236 g/mol. The third kappa shape index (κ3) is 4.03. The lowest BCUT2D eigenvalue weighted by Crippen LogP contribution is -2.39. The molecule has 0 saturated carbocycles. The van der Waals surface area contributed by atoms with Gasteiger partial charge in [-0.2, -0.15) is 0 Å². The molecule has 1 rings (SSSR count). The van der Waals surface area contributed by atoms with Crippen LogP contribution in [0.25, 0.3) is 0 Å². The van der Waals surface area contributed by atoms with Gasteiger partial charge in [0.25, 0.3) is 0 Å². The summed E-state index contributed by atoms with van der Waals surface area (Å²) in [5, 5.41) is 17.2. The smallest absolute Gasteiger partial charge is 0.141 e. The molecular weight excluding hydrogens is 216 g/mol. The maximum absolute atomic E-state index is 9.82. The van der Waals surface area contributed by atoms with Crippen LogP contribution in [-0.4, -0.2) is 34.6 Å². The number of nitrogen functional groups attached to an aromatic ring is 1. The number of anilines is 1. The van der Waals surface area contributed by atoms with E-state index in [1.807, 2.05) is 24.0 Å². The first kappa shape index (κ1) is 13.4. The summed E-state index contributed by atoms with van der Waals surface area (Å²) in [6, 6.07) is 5.36. The monoisotopic (exact) mass is 236 g/mol. The molecule has 0 fully saturated rings. The van der Waals surface area contributed by atoms with Gasteiger partial charge in [-0.15, -0.1) is 0 Å². The van der Waals surface area contributed by atoms with Crippen molar-refractivity contribution in [3.8, 4) is 0 Å². The summed E-state index contributed by atoms with van der Waals surface area (Å²) in [4.78, 5) is 6.24. The van der Waals surface area contributed by atoms with Crippen molar-refractivity contribution in [1.29, 1.82) is 5.41 Å². The van der Waals surface area contributed by atoms with Gasteiger partial charge in [-0.05, 0) is 32.9 Å². The number of nitrogens with zero attached hydrogens (tertiary/aromatic N) is 2. The third-order valence-electron chi connectivity index (χ3n) is 2.29. The van der Waals surface area contributed by atoms with Gasteiger partial charge in [0.2, 0.25) is 0 Å². The molecule has 0 aromatic carbocycles. The van der Waals surface area contributed by atoms with E-state index in [1.165, 1.54) is 0 Å². The maximum atomic E-state index is 9.82. The van der Waals surface area contributed by atoms with Gasteiger partial charge in [0, 0.05) is 13.1 Å². The van der Waals surface area contributed by atoms with Crippen molar-refractivity contribution in [3.05, 3.63) is 23.9 Å². The van der Waals surface area contributed by atoms with Crippen LogP contribution in [0, 0.1) is 5.41 Å². The molecule has 0 unspecified atom stereocenters. The summed E-state index contributed by atoms with van der Waals surface area (Å²) in [5.74, 6) is 0.675. The third-order valence-corrected chi connectivity index (χ3v) is 2.29. The second-order valence-electron chi connectivity index (χ2n) is 4.62. The number of nitrogens with one attached hydrogen (secondary N) is 1. The van der Waals surface area contributed by atoms with Crippen LogP contribution in [0.15, 0.2) is 18.2 Å². The Morgan fingerprint density at radius 1 is 1.53 bits per heavy atom. The molecule has 0 aliphatic heterocycles. The number of amidine groups is 1. The quantitative estimate of drug-likeness (QED) is 0.525. The van der Waals surface area contributed by atoms with Gasteiger partial charge in [0.15, 0.2) is 0 Å². The number of aliphatic hydroxyl groups is 1. The molecule has 5 nitrogen and oxygen atoms in total. The Hall–Kier alpha value is -1.62. The standard InChI is InChI=1S/C12H20N4O/c1-4-16(8-12(2,3)17)10-7-5-6-9(15-10)11(13)14/h5-7,17H,4,8H2,1-3H3,(H3,13,14). The molecule has 0 amide bonds. The minimum atomic E-state index is -0.788. The molecule has 1 aromatic heterocycles. The van der Waals surface area contributed by atoms with E-state index >= 15 is 0 Å². The van der Waals surface area contributed by atoms with Gasteiger partial charge < -0.3 is 15.7 Å². The largest absolute Gasteiger partial charge is 0.389 e. The van der Waals surface area contributed by atoms with Crippen molar-refractivity contribution in [2.24, 2.45) is 5.73 Å². The first-order valence-electron chi connectivity index (χ1n) is 5.62. The summed E-state index contributed by atoms with van der Waals surface area (Å²) in [6.07, 6.45) is 0. The summed E-state index contributed by atoms with van der Waals surface area (Å²) in [7, 11) is 0. The van der Waals surface area contributed by atoms with E-state index in [1.54, 1.807) is 19.9 Å². The van der Waals surface area contributed by atoms with Gasteiger partial charge in [0.1, 0.15) is 17.3 Å². The number of aromatic nitrogens is 1. The van der Waals surface area contributed by atoms with Gasteiger partial charge >= 0.3 is 0 Å². The van der Waals surface area contributed by atoms with Crippen molar-refractivity contribution in [2.45, 2.75) is 26.4 Å². The summed E-state index contributed by atoms with van der Waals surface area (Å²) in [5.41, 5.74) is 5.07. The van der Waals surface area contributed by atoms with Crippen molar-refractivity contribution in [1.82, 2.24) is 4.98 Å². The molecule has 0 radical (unpaired) electrons. The van der Waals surface area contributed by atoms with Crippen LogP contribution in [-0.2, 0) is 0 Å². The van der Waals surface area contributed by atoms with Crippen molar-refractivity contribution >= 4 is 11.7 Å². The van der Waals surface area contributed by atoms with Gasteiger partial charge in [0.05, 0.1) is 5.60 Å². The van der Waals surface area contributed by atoms with Gasteiger partial charge in [-0.25, -0.2) is 4.98 Å². The van der Waals surface area contributed by atoms with E-state index in [2.05, 4.69) is 4.98 Å². The predicted molar refractivity (Wildman–Crippen MR) is 69.4 cm³/mol. The molecular formula is C12H20N4O. The summed E-state index contributed by atoms with van der Waals surface area (Å²) >= 11 is 0. The van der Waals surface area contributed by atoms with Gasteiger partial charge in [-0.1, -0.05) is 6.07 Å². The molecule has 17 heavy (non-hydrogen) atoms. The van der Waals surface area contributed by atoms with Crippen LogP contribution in [0.2, 0.25) is 0 Å². The Morgan fingerprint density at radius 3 is 2.65 bits per heavy atom. The second-order valence-corrected chi connectivity index (χ2v) is 4.62. The zero-order valence-electron chi connectivity index (χ0n) is 10.6. The van der Waals surface area contributed by atoms with Crippen LogP contribution in [0.5, 0.6) is 0 Å². The Labute approximate surface area is 102 Å². The van der Waals surface area contributed by atoms with E-state index in [-0.39, 0.29) is 5.84 Å². The normalized spacial score (nSPS) is 11.3. The highest BCUT2D eigenvalue weighted by atomic mass is 16.3. The van der Waals surface area contributed by atoms with Crippen LogP contribution in [0.4, 0.5) is 5.82 Å². The molecule has 0 saturated heterocycles. The fraction of sp³-hybridized carbons (Fsp3) is 0.500. The lowest BCUT2D eigenvalue weighted by atomic mass is 10.1. The highest BCUT2D eigenvalue weighted by Gasteiger charge is 2.18. The average Bonchev–Trinajstić information content (AvgIpc) is 2.25. The van der Waals surface area contributed by atoms with Gasteiger partial charge in [-0.3, -0.25) is 5.41 Å². The number of likely N-dealkylation sites (N-methyl/N-ethyl adjacent to an activating group) is 1. The first-order chi connectivity index (χ1) is 7.83. The lowest BCUT2D eigenvalue weighted by molar-refractivity contribution is 0.0874. The zero-order valence-corrected chi connectivity index (χ0v) is 10.6. The Bertz CT molecular complexity index is 398. The maximum Gasteiger partial charge on any atom is 0.141 e. The number of nitrogens with two attached hydrogens (primary N) is 1. The minimum absolute atomic E-state index is 0.0499. The van der Waals surface area contributed by atoms with Crippen molar-refractivity contribution in [2.75, 3.05) is 18.0 Å². The zero-order chi connectivity index (χ0) is 13.1. The summed E-state index contributed by atoms with van der Waals surface area (Å²) in [6.45, 7) is 6.72. The molecule has 1 aromatic rings. The number of hydrogen-bond donors (Lipinski definition) is 3. The minimum Gasteiger partial charge on any atom is -0.389 e. The highest BCUT2D eigenvalue weighted by molar-refractivity contribution is 5.93. The van der Waals surface area contributed by atoms with E-state index in [9.17, 15) is 5.11 Å². The van der Waals surface area contributed by atoms with E-state index in [0.717, 1.165) is 12.4 Å². The Morgan fingerprint density at radius 2 is 2.18 bits per heavy atom. The number of rotatable bonds is 5. The second kappa shape index (κ2) is 5.14. The fourth-order valence-electron chi connectivity index (χ4n) is 1.57. The Balaban J connectivity index is 2.96. The molecule has 0 bridgehead atoms. The molecule has 0 aliphatic carbocycles. The predicted octanol–water partition coefficient (Wildman–Crippen LogP) is 0.963.